The summed E-state index contributed by atoms with van der Waals surface area (Å²) in [5.74, 6) is 4.62. The second kappa shape index (κ2) is 9.12. The fourth-order valence-corrected chi connectivity index (χ4v) is 5.32. The molecule has 1 aromatic carbocycles. The number of hydrogen-bond donors (Lipinski definition) is 1. The molecule has 2 aromatic rings. The van der Waals surface area contributed by atoms with E-state index in [4.69, 9.17) is 9.47 Å². The van der Waals surface area contributed by atoms with Crippen LogP contribution in [0.3, 0.4) is 0 Å². The van der Waals surface area contributed by atoms with Crippen LogP contribution in [0.15, 0.2) is 30.6 Å². The van der Waals surface area contributed by atoms with E-state index < -0.39 is 0 Å². The van der Waals surface area contributed by atoms with E-state index in [1.807, 2.05) is 18.5 Å². The first-order valence-corrected chi connectivity index (χ1v) is 11.0. The van der Waals surface area contributed by atoms with E-state index in [1.54, 1.807) is 14.2 Å². The van der Waals surface area contributed by atoms with Gasteiger partial charge in [0.15, 0.2) is 11.5 Å². The maximum atomic E-state index is 5.57. The summed E-state index contributed by atoms with van der Waals surface area (Å²) in [6, 6.07) is 6.93. The Bertz CT molecular complexity index is 808. The zero-order chi connectivity index (χ0) is 20.2. The summed E-state index contributed by atoms with van der Waals surface area (Å²) < 4.78 is 11.0. The zero-order valence-electron chi connectivity index (χ0n) is 17.9. The molecule has 2 saturated carbocycles. The predicted molar refractivity (Wildman–Crippen MR) is 114 cm³/mol. The molecular weight excluding hydrogens is 362 g/mol. The highest BCUT2D eigenvalue weighted by atomic mass is 16.5. The Morgan fingerprint density at radius 2 is 1.72 bits per heavy atom. The lowest BCUT2D eigenvalue weighted by Gasteiger charge is -2.55. The van der Waals surface area contributed by atoms with Gasteiger partial charge >= 0.3 is 0 Å². The molecular formula is C24H33N3O2. The second-order valence-electron chi connectivity index (χ2n) is 8.42. The van der Waals surface area contributed by atoms with E-state index >= 15 is 0 Å². The Morgan fingerprint density at radius 3 is 2.41 bits per heavy atom. The number of ether oxygens (including phenoxy) is 2. The Balaban J connectivity index is 1.49. The third-order valence-corrected chi connectivity index (χ3v) is 6.75. The van der Waals surface area contributed by atoms with Crippen LogP contribution in [0.25, 0.3) is 0 Å². The summed E-state index contributed by atoms with van der Waals surface area (Å²) in [5.41, 5.74) is 2.52. The highest BCUT2D eigenvalue weighted by Crippen LogP contribution is 2.55. The summed E-state index contributed by atoms with van der Waals surface area (Å²) in [6.45, 7) is 2.98. The van der Waals surface area contributed by atoms with Gasteiger partial charge in [0.1, 0.15) is 5.82 Å². The van der Waals surface area contributed by atoms with Gasteiger partial charge in [0, 0.05) is 42.9 Å². The third-order valence-electron chi connectivity index (χ3n) is 6.75. The molecule has 5 nitrogen and oxygen atoms in total. The molecule has 0 aliphatic heterocycles. The Labute approximate surface area is 174 Å². The van der Waals surface area contributed by atoms with Gasteiger partial charge < -0.3 is 14.8 Å². The number of nitrogens with one attached hydrogen (secondary N) is 1. The average molecular weight is 396 g/mol. The van der Waals surface area contributed by atoms with Crippen LogP contribution in [0.4, 0.5) is 0 Å². The van der Waals surface area contributed by atoms with Crippen molar-refractivity contribution in [1.29, 1.82) is 0 Å². The minimum Gasteiger partial charge on any atom is -0.493 e. The van der Waals surface area contributed by atoms with E-state index in [1.165, 1.54) is 31.2 Å². The number of fused-ring (bicyclic) bond motifs is 1. The lowest BCUT2D eigenvalue weighted by molar-refractivity contribution is 0.0252. The molecule has 5 heteroatoms. The molecule has 2 aliphatic carbocycles. The van der Waals surface area contributed by atoms with E-state index in [0.717, 1.165) is 54.1 Å². The van der Waals surface area contributed by atoms with Crippen molar-refractivity contribution < 1.29 is 9.47 Å². The van der Waals surface area contributed by atoms with Crippen LogP contribution < -0.4 is 14.8 Å². The van der Waals surface area contributed by atoms with Gasteiger partial charge in [-0.2, -0.15) is 0 Å². The van der Waals surface area contributed by atoms with E-state index in [2.05, 4.69) is 34.3 Å². The summed E-state index contributed by atoms with van der Waals surface area (Å²) in [7, 11) is 3.40. The third kappa shape index (κ3) is 4.11. The topological polar surface area (TPSA) is 56.3 Å². The van der Waals surface area contributed by atoms with E-state index in [0.29, 0.717) is 12.0 Å². The minimum absolute atomic E-state index is 0.494. The zero-order valence-corrected chi connectivity index (χ0v) is 17.9. The summed E-state index contributed by atoms with van der Waals surface area (Å²) in [6.07, 6.45) is 11.4. The Morgan fingerprint density at radius 1 is 1.00 bits per heavy atom. The molecule has 0 amide bonds. The number of rotatable bonds is 8. The van der Waals surface area contributed by atoms with Gasteiger partial charge in [0.25, 0.3) is 0 Å². The number of nitrogens with zero attached hydrogens (tertiary/aromatic N) is 2. The normalized spacial score (nSPS) is 25.8. The average Bonchev–Trinajstić information content (AvgIpc) is 2.75. The smallest absolute Gasteiger partial charge is 0.160 e. The minimum atomic E-state index is 0.494. The van der Waals surface area contributed by atoms with Crippen molar-refractivity contribution in [2.75, 3.05) is 14.2 Å². The molecule has 0 saturated heterocycles. The van der Waals surface area contributed by atoms with Crippen LogP contribution in [0, 0.1) is 11.8 Å². The molecule has 1 heterocycles. The van der Waals surface area contributed by atoms with Crippen LogP contribution in [-0.2, 0) is 13.0 Å². The van der Waals surface area contributed by atoms with Crippen LogP contribution in [0.5, 0.6) is 11.5 Å². The Hall–Kier alpha value is -2.14. The molecule has 0 bridgehead atoms. The van der Waals surface area contributed by atoms with Crippen molar-refractivity contribution in [2.24, 2.45) is 11.8 Å². The maximum Gasteiger partial charge on any atom is 0.160 e. The quantitative estimate of drug-likeness (QED) is 0.713. The highest BCUT2D eigenvalue weighted by molar-refractivity contribution is 5.45. The maximum absolute atomic E-state index is 5.57. The van der Waals surface area contributed by atoms with Gasteiger partial charge in [0.05, 0.1) is 14.2 Å². The van der Waals surface area contributed by atoms with Crippen LogP contribution in [-0.4, -0.2) is 30.2 Å². The fourth-order valence-electron chi connectivity index (χ4n) is 5.32. The molecule has 156 valence electrons. The van der Waals surface area contributed by atoms with Crippen molar-refractivity contribution >= 4 is 0 Å². The SMILES string of the molecule is CCCc1ncc(CN[C@H]2[C@@H]3CCCC[C@H]3[C@@H]2c2ccc(OC)c(OC)c2)cn1. The second-order valence-corrected chi connectivity index (χ2v) is 8.42. The van der Waals surface area contributed by atoms with Crippen molar-refractivity contribution in [2.45, 2.75) is 64.0 Å². The summed E-state index contributed by atoms with van der Waals surface area (Å²) >= 11 is 0. The van der Waals surface area contributed by atoms with E-state index in [9.17, 15) is 0 Å². The molecule has 0 unspecified atom stereocenters. The molecule has 2 aliphatic rings. The monoisotopic (exact) mass is 395 g/mol. The van der Waals surface area contributed by atoms with Crippen molar-refractivity contribution in [1.82, 2.24) is 15.3 Å². The van der Waals surface area contributed by atoms with Gasteiger partial charge in [0.2, 0.25) is 0 Å². The molecule has 2 fully saturated rings. The number of benzene rings is 1. The fraction of sp³-hybridized carbons (Fsp3) is 0.583. The van der Waals surface area contributed by atoms with Crippen LogP contribution >= 0.6 is 0 Å². The summed E-state index contributed by atoms with van der Waals surface area (Å²) in [4.78, 5) is 9.02. The van der Waals surface area contributed by atoms with Gasteiger partial charge in [-0.3, -0.25) is 0 Å². The van der Waals surface area contributed by atoms with Gasteiger partial charge in [-0.05, 0) is 48.8 Å². The first kappa shape index (κ1) is 20.1. The molecule has 4 atom stereocenters. The van der Waals surface area contributed by atoms with Gasteiger partial charge in [-0.25, -0.2) is 9.97 Å². The van der Waals surface area contributed by atoms with Gasteiger partial charge in [-0.15, -0.1) is 0 Å². The molecule has 1 aromatic heterocycles. The summed E-state index contributed by atoms with van der Waals surface area (Å²) in [5, 5.41) is 3.85. The van der Waals surface area contributed by atoms with Crippen LogP contribution in [0.2, 0.25) is 0 Å². The number of aromatic nitrogens is 2. The molecule has 0 spiro atoms. The largest absolute Gasteiger partial charge is 0.493 e. The molecule has 4 rings (SSSR count). The van der Waals surface area contributed by atoms with Gasteiger partial charge in [-0.1, -0.05) is 25.8 Å². The Kier molecular flexibility index (Phi) is 6.34. The first-order valence-electron chi connectivity index (χ1n) is 11.0. The standard InChI is InChI=1S/C24H33N3O2/c1-4-7-22-25-13-16(14-26-22)15-27-24-19-9-6-5-8-18(19)23(24)17-10-11-20(28-2)21(12-17)29-3/h10-14,18-19,23-24,27H,4-9,15H2,1-3H3/t18-,19-,23+,24+/m1/s1. The molecule has 0 radical (unpaired) electrons. The molecule has 1 N–H and O–H groups in total. The lowest BCUT2D eigenvalue weighted by atomic mass is 9.53. The van der Waals surface area contributed by atoms with Crippen molar-refractivity contribution in [3.8, 4) is 11.5 Å². The van der Waals surface area contributed by atoms with Crippen molar-refractivity contribution in [3.63, 3.8) is 0 Å². The predicted octanol–water partition coefficient (Wildman–Crippen LogP) is 4.51. The first-order chi connectivity index (χ1) is 14.2. The van der Waals surface area contributed by atoms with Crippen molar-refractivity contribution in [3.05, 3.63) is 47.5 Å². The molecule has 29 heavy (non-hydrogen) atoms. The lowest BCUT2D eigenvalue weighted by Crippen LogP contribution is -2.57. The number of aryl methyl sites for hydroxylation is 1. The highest BCUT2D eigenvalue weighted by Gasteiger charge is 2.51. The van der Waals surface area contributed by atoms with Crippen LogP contribution in [0.1, 0.15) is 61.9 Å². The van der Waals surface area contributed by atoms with E-state index in [-0.39, 0.29) is 0 Å². The number of methoxy groups -OCH3 is 2. The number of hydrogen-bond acceptors (Lipinski definition) is 5.